The van der Waals surface area contributed by atoms with E-state index in [4.69, 9.17) is 15.2 Å². The van der Waals surface area contributed by atoms with E-state index in [0.717, 1.165) is 9.90 Å². The molecular formula is C17H21N3O4S2. The number of anilines is 1. The van der Waals surface area contributed by atoms with Gasteiger partial charge in [-0.05, 0) is 39.0 Å². The van der Waals surface area contributed by atoms with E-state index in [0.29, 0.717) is 22.2 Å². The molecule has 0 bridgehead atoms. The number of thiazole rings is 1. The van der Waals surface area contributed by atoms with Crippen molar-refractivity contribution >= 4 is 40.0 Å². The zero-order valence-electron chi connectivity index (χ0n) is 15.0. The number of ether oxygens (including phenoxy) is 2. The average molecular weight is 396 g/mol. The van der Waals surface area contributed by atoms with Gasteiger partial charge in [0.1, 0.15) is 0 Å². The van der Waals surface area contributed by atoms with Crippen molar-refractivity contribution in [1.82, 2.24) is 4.98 Å². The molecule has 7 nitrogen and oxygen atoms in total. The minimum Gasteiger partial charge on any atom is -0.493 e. The van der Waals surface area contributed by atoms with Gasteiger partial charge >= 0.3 is 0 Å². The molecule has 0 aliphatic heterocycles. The normalized spacial score (nSPS) is 10.7. The summed E-state index contributed by atoms with van der Waals surface area (Å²) in [7, 11) is 1.52. The SMILES string of the molecule is COc1cc(C(=O)Nc2nc(C)c(SCC(N)=O)s2)ccc1OC(C)C. The highest BCUT2D eigenvalue weighted by molar-refractivity contribution is 8.01. The van der Waals surface area contributed by atoms with Gasteiger partial charge in [-0.2, -0.15) is 0 Å². The highest BCUT2D eigenvalue weighted by atomic mass is 32.2. The van der Waals surface area contributed by atoms with Crippen LogP contribution in [0.5, 0.6) is 11.5 Å². The second-order valence-electron chi connectivity index (χ2n) is 5.63. The van der Waals surface area contributed by atoms with E-state index in [1.54, 1.807) is 18.2 Å². The number of benzene rings is 1. The molecule has 1 aromatic carbocycles. The molecule has 2 aromatic rings. The summed E-state index contributed by atoms with van der Waals surface area (Å²) >= 11 is 2.61. The van der Waals surface area contributed by atoms with Crippen LogP contribution in [-0.2, 0) is 4.79 Å². The quantitative estimate of drug-likeness (QED) is 0.666. The third-order valence-electron chi connectivity index (χ3n) is 3.11. The van der Waals surface area contributed by atoms with Crippen molar-refractivity contribution in [1.29, 1.82) is 0 Å². The Balaban J connectivity index is 2.12. The zero-order chi connectivity index (χ0) is 19.3. The van der Waals surface area contributed by atoms with Crippen molar-refractivity contribution in [2.45, 2.75) is 31.1 Å². The monoisotopic (exact) mass is 395 g/mol. The Labute approximate surface area is 160 Å². The van der Waals surface area contributed by atoms with E-state index < -0.39 is 5.91 Å². The van der Waals surface area contributed by atoms with E-state index in [9.17, 15) is 9.59 Å². The van der Waals surface area contributed by atoms with E-state index in [1.807, 2.05) is 20.8 Å². The van der Waals surface area contributed by atoms with Gasteiger partial charge in [-0.15, -0.1) is 11.8 Å². The molecule has 0 unspecified atom stereocenters. The van der Waals surface area contributed by atoms with E-state index in [2.05, 4.69) is 10.3 Å². The van der Waals surface area contributed by atoms with Crippen molar-refractivity contribution < 1.29 is 19.1 Å². The smallest absolute Gasteiger partial charge is 0.257 e. The van der Waals surface area contributed by atoms with Gasteiger partial charge in [0.2, 0.25) is 5.91 Å². The number of thioether (sulfide) groups is 1. The standard InChI is InChI=1S/C17H21N3O4S2/c1-9(2)24-12-6-5-11(7-13(12)23-4)15(22)20-17-19-10(3)16(26-17)25-8-14(18)21/h5-7,9H,8H2,1-4H3,(H2,18,21)(H,19,20,22). The summed E-state index contributed by atoms with van der Waals surface area (Å²) in [6.45, 7) is 5.65. The molecule has 9 heteroatoms. The summed E-state index contributed by atoms with van der Waals surface area (Å²) in [5.41, 5.74) is 6.33. The summed E-state index contributed by atoms with van der Waals surface area (Å²) in [5, 5.41) is 3.22. The number of aryl methyl sites for hydroxylation is 1. The molecule has 2 amide bonds. The van der Waals surface area contributed by atoms with Gasteiger partial charge in [-0.1, -0.05) is 11.3 Å². The Kier molecular flexibility index (Phi) is 6.87. The van der Waals surface area contributed by atoms with Gasteiger partial charge in [-0.25, -0.2) is 4.98 Å². The summed E-state index contributed by atoms with van der Waals surface area (Å²) < 4.78 is 11.8. The molecule has 0 saturated heterocycles. The second kappa shape index (κ2) is 8.91. The van der Waals surface area contributed by atoms with Crippen LogP contribution in [0.25, 0.3) is 0 Å². The maximum atomic E-state index is 12.5. The van der Waals surface area contributed by atoms with Crippen LogP contribution in [-0.4, -0.2) is 35.8 Å². The minimum absolute atomic E-state index is 0.00167. The lowest BCUT2D eigenvalue weighted by molar-refractivity contribution is -0.115. The first kappa shape index (κ1) is 20.1. The molecule has 0 aliphatic carbocycles. The molecule has 0 spiro atoms. The first-order valence-electron chi connectivity index (χ1n) is 7.84. The number of carbonyl (C=O) groups excluding carboxylic acids is 2. The topological polar surface area (TPSA) is 104 Å². The van der Waals surface area contributed by atoms with Crippen LogP contribution in [0.3, 0.4) is 0 Å². The lowest BCUT2D eigenvalue weighted by Crippen LogP contribution is -2.12. The maximum Gasteiger partial charge on any atom is 0.257 e. The first-order valence-corrected chi connectivity index (χ1v) is 9.65. The number of hydrogen-bond acceptors (Lipinski definition) is 7. The molecule has 1 aromatic heterocycles. The second-order valence-corrected chi connectivity index (χ2v) is 7.88. The van der Waals surface area contributed by atoms with E-state index >= 15 is 0 Å². The van der Waals surface area contributed by atoms with Crippen LogP contribution in [0.2, 0.25) is 0 Å². The van der Waals surface area contributed by atoms with E-state index in [1.165, 1.54) is 30.2 Å². The van der Waals surface area contributed by atoms with Crippen LogP contribution >= 0.6 is 23.1 Å². The number of aromatic nitrogens is 1. The molecule has 1 heterocycles. The molecule has 0 atom stereocenters. The number of hydrogen-bond donors (Lipinski definition) is 2. The van der Waals surface area contributed by atoms with Crippen molar-refractivity contribution in [3.8, 4) is 11.5 Å². The number of rotatable bonds is 8. The molecular weight excluding hydrogens is 374 g/mol. The molecule has 140 valence electrons. The lowest BCUT2D eigenvalue weighted by Gasteiger charge is -2.14. The number of nitrogens with one attached hydrogen (secondary N) is 1. The van der Waals surface area contributed by atoms with Gasteiger partial charge in [0.25, 0.3) is 5.91 Å². The fourth-order valence-corrected chi connectivity index (χ4v) is 3.91. The molecule has 0 radical (unpaired) electrons. The summed E-state index contributed by atoms with van der Waals surface area (Å²) in [4.78, 5) is 27.7. The summed E-state index contributed by atoms with van der Waals surface area (Å²) in [5.74, 6) is 0.530. The molecule has 0 saturated carbocycles. The van der Waals surface area contributed by atoms with Crippen LogP contribution in [0, 0.1) is 6.92 Å². The molecule has 2 rings (SSSR count). The van der Waals surface area contributed by atoms with Gasteiger partial charge in [0, 0.05) is 5.56 Å². The third kappa shape index (κ3) is 5.37. The highest BCUT2D eigenvalue weighted by Crippen LogP contribution is 2.33. The first-order chi connectivity index (χ1) is 12.3. The molecule has 3 N–H and O–H groups in total. The third-order valence-corrected chi connectivity index (χ3v) is 5.57. The Morgan fingerprint density at radius 3 is 2.69 bits per heavy atom. The van der Waals surface area contributed by atoms with Crippen LogP contribution < -0.4 is 20.5 Å². The van der Waals surface area contributed by atoms with Crippen LogP contribution in [0.1, 0.15) is 29.9 Å². The average Bonchev–Trinajstić information content (AvgIpc) is 2.92. The Morgan fingerprint density at radius 2 is 2.08 bits per heavy atom. The predicted molar refractivity (Wildman–Crippen MR) is 103 cm³/mol. The van der Waals surface area contributed by atoms with Gasteiger partial charge in [0.05, 0.1) is 28.9 Å². The Bertz CT molecular complexity index is 805. The van der Waals surface area contributed by atoms with Crippen molar-refractivity contribution in [3.63, 3.8) is 0 Å². The number of methoxy groups -OCH3 is 1. The maximum absolute atomic E-state index is 12.5. The van der Waals surface area contributed by atoms with Crippen molar-refractivity contribution in [3.05, 3.63) is 29.5 Å². The van der Waals surface area contributed by atoms with E-state index in [-0.39, 0.29) is 17.8 Å². The number of nitrogens with two attached hydrogens (primary N) is 1. The number of carbonyl (C=O) groups is 2. The van der Waals surface area contributed by atoms with Crippen LogP contribution in [0.4, 0.5) is 5.13 Å². The van der Waals surface area contributed by atoms with Gasteiger partial charge in [0.15, 0.2) is 16.6 Å². The zero-order valence-corrected chi connectivity index (χ0v) is 16.6. The Hall–Kier alpha value is -2.26. The fourth-order valence-electron chi connectivity index (χ4n) is 2.04. The number of primary amides is 1. The lowest BCUT2D eigenvalue weighted by atomic mass is 10.2. The summed E-state index contributed by atoms with van der Waals surface area (Å²) in [6, 6.07) is 4.99. The van der Waals surface area contributed by atoms with Crippen molar-refractivity contribution in [2.24, 2.45) is 5.73 Å². The van der Waals surface area contributed by atoms with Gasteiger partial charge in [-0.3, -0.25) is 14.9 Å². The Morgan fingerprint density at radius 1 is 1.35 bits per heavy atom. The highest BCUT2D eigenvalue weighted by Gasteiger charge is 2.15. The minimum atomic E-state index is -0.399. The predicted octanol–water partition coefficient (Wildman–Crippen LogP) is 3.08. The van der Waals surface area contributed by atoms with Gasteiger partial charge < -0.3 is 15.2 Å². The molecule has 0 fully saturated rings. The summed E-state index contributed by atoms with van der Waals surface area (Å²) in [6.07, 6.45) is -0.00167. The molecule has 0 aliphatic rings. The van der Waals surface area contributed by atoms with Crippen LogP contribution in [0.15, 0.2) is 22.4 Å². The van der Waals surface area contributed by atoms with Crippen molar-refractivity contribution in [2.75, 3.05) is 18.2 Å². The largest absolute Gasteiger partial charge is 0.493 e. The fraction of sp³-hybridized carbons (Fsp3) is 0.353. The molecule has 26 heavy (non-hydrogen) atoms. The number of nitrogens with zero attached hydrogens (tertiary/aromatic N) is 1. The number of amides is 2.